The summed E-state index contributed by atoms with van der Waals surface area (Å²) in [6.07, 6.45) is 6.07. The first-order valence-electron chi connectivity index (χ1n) is 14.7. The second kappa shape index (κ2) is 15.0. The third-order valence-electron chi connectivity index (χ3n) is 7.16. The fourth-order valence-corrected chi connectivity index (χ4v) is 4.88. The summed E-state index contributed by atoms with van der Waals surface area (Å²) >= 11 is 0. The molecule has 0 saturated carbocycles. The van der Waals surface area contributed by atoms with Gasteiger partial charge >= 0.3 is 6.01 Å². The molecule has 43 heavy (non-hydrogen) atoms. The van der Waals surface area contributed by atoms with E-state index in [0.29, 0.717) is 43.8 Å². The number of fused-ring (bicyclic) bond motifs is 1. The van der Waals surface area contributed by atoms with Gasteiger partial charge in [0.2, 0.25) is 0 Å². The van der Waals surface area contributed by atoms with E-state index in [-0.39, 0.29) is 6.10 Å². The maximum atomic E-state index is 6.43. The minimum atomic E-state index is -0.0776. The summed E-state index contributed by atoms with van der Waals surface area (Å²) in [7, 11) is 3.34. The van der Waals surface area contributed by atoms with E-state index in [1.807, 2.05) is 48.7 Å². The van der Waals surface area contributed by atoms with E-state index in [2.05, 4.69) is 58.3 Å². The highest BCUT2D eigenvalue weighted by Crippen LogP contribution is 2.26. The van der Waals surface area contributed by atoms with Crippen LogP contribution in [0.5, 0.6) is 17.5 Å². The van der Waals surface area contributed by atoms with Crippen molar-refractivity contribution >= 4 is 11.5 Å². The molecule has 0 radical (unpaired) electrons. The standard InChI is InChI=1S/C34H39N5O4/c1-4-8-31(19-22-42-25-28-9-6-5-7-10-28)43-34-36-33(32-35-20-21-39(32)37-34)38(23-26-11-15-29(40-2)16-12-26)24-27-13-17-30(41-3)18-14-27/h5-7,9-18,20-21,31H,4,8,19,22-25H2,1-3H3/t31-/m1/s1. The lowest BCUT2D eigenvalue weighted by molar-refractivity contribution is 0.0750. The van der Waals surface area contributed by atoms with E-state index in [1.54, 1.807) is 24.9 Å². The summed E-state index contributed by atoms with van der Waals surface area (Å²) < 4.78 is 24.9. The fourth-order valence-electron chi connectivity index (χ4n) is 4.88. The number of nitrogens with zero attached hydrogens (tertiary/aromatic N) is 5. The van der Waals surface area contributed by atoms with E-state index in [1.165, 1.54) is 0 Å². The molecule has 0 bridgehead atoms. The van der Waals surface area contributed by atoms with Gasteiger partial charge in [-0.2, -0.15) is 4.98 Å². The van der Waals surface area contributed by atoms with Gasteiger partial charge in [0.1, 0.15) is 17.6 Å². The Morgan fingerprint density at radius 2 is 1.44 bits per heavy atom. The largest absolute Gasteiger partial charge is 0.497 e. The Hall–Kier alpha value is -4.63. The summed E-state index contributed by atoms with van der Waals surface area (Å²) in [6.45, 7) is 4.51. The SMILES string of the molecule is CCC[C@H](CCOCc1ccccc1)Oc1nc(N(Cc2ccc(OC)cc2)Cc2ccc(OC)cc2)c2nccn2n1. The van der Waals surface area contributed by atoms with Crippen LogP contribution in [0, 0.1) is 0 Å². The van der Waals surface area contributed by atoms with Crippen LogP contribution in [0.25, 0.3) is 5.65 Å². The molecule has 224 valence electrons. The van der Waals surface area contributed by atoms with Crippen LogP contribution in [0.1, 0.15) is 42.9 Å². The molecular formula is C34H39N5O4. The van der Waals surface area contributed by atoms with Crippen LogP contribution in [0.15, 0.2) is 91.3 Å². The van der Waals surface area contributed by atoms with Crippen molar-refractivity contribution < 1.29 is 18.9 Å². The molecule has 2 aromatic heterocycles. The fraction of sp³-hybridized carbons (Fsp3) is 0.324. The highest BCUT2D eigenvalue weighted by Gasteiger charge is 2.20. The van der Waals surface area contributed by atoms with Gasteiger partial charge in [-0.15, -0.1) is 5.10 Å². The maximum absolute atomic E-state index is 6.43. The Morgan fingerprint density at radius 3 is 2.05 bits per heavy atom. The molecule has 0 amide bonds. The van der Waals surface area contributed by atoms with Crippen LogP contribution < -0.4 is 19.1 Å². The minimum absolute atomic E-state index is 0.0776. The average Bonchev–Trinajstić information content (AvgIpc) is 3.52. The summed E-state index contributed by atoms with van der Waals surface area (Å²) in [5.41, 5.74) is 4.04. The smallest absolute Gasteiger partial charge is 0.336 e. The van der Waals surface area contributed by atoms with E-state index < -0.39 is 0 Å². The van der Waals surface area contributed by atoms with Crippen molar-refractivity contribution in [1.82, 2.24) is 19.6 Å². The molecule has 3 aromatic carbocycles. The number of methoxy groups -OCH3 is 2. The van der Waals surface area contributed by atoms with E-state index in [9.17, 15) is 0 Å². The number of aromatic nitrogens is 4. The third kappa shape index (κ3) is 8.23. The van der Waals surface area contributed by atoms with Gasteiger partial charge in [0.05, 0.1) is 27.4 Å². The van der Waals surface area contributed by atoms with Crippen LogP contribution in [0.3, 0.4) is 0 Å². The molecule has 5 aromatic rings. The summed E-state index contributed by atoms with van der Waals surface area (Å²) in [4.78, 5) is 11.7. The van der Waals surface area contributed by atoms with Crippen LogP contribution in [0.4, 0.5) is 5.82 Å². The molecule has 0 unspecified atom stereocenters. The van der Waals surface area contributed by atoms with Gasteiger partial charge in [0.25, 0.3) is 0 Å². The Kier molecular flexibility index (Phi) is 10.4. The van der Waals surface area contributed by atoms with Gasteiger partial charge in [-0.1, -0.05) is 67.9 Å². The summed E-state index contributed by atoms with van der Waals surface area (Å²) in [6, 6.07) is 26.6. The minimum Gasteiger partial charge on any atom is -0.497 e. The molecule has 0 aliphatic heterocycles. The lowest BCUT2D eigenvalue weighted by Gasteiger charge is -2.25. The topological polar surface area (TPSA) is 83.2 Å². The zero-order chi connectivity index (χ0) is 29.9. The van der Waals surface area contributed by atoms with Crippen molar-refractivity contribution in [2.24, 2.45) is 0 Å². The first kappa shape index (κ1) is 29.8. The second-order valence-corrected chi connectivity index (χ2v) is 10.3. The van der Waals surface area contributed by atoms with Crippen LogP contribution >= 0.6 is 0 Å². The first-order valence-corrected chi connectivity index (χ1v) is 14.7. The number of rotatable bonds is 16. The maximum Gasteiger partial charge on any atom is 0.336 e. The Labute approximate surface area is 253 Å². The number of imidazole rings is 1. The van der Waals surface area contributed by atoms with Crippen molar-refractivity contribution in [3.05, 3.63) is 108 Å². The highest BCUT2D eigenvalue weighted by molar-refractivity contribution is 5.64. The van der Waals surface area contributed by atoms with Crippen molar-refractivity contribution in [3.8, 4) is 17.5 Å². The second-order valence-electron chi connectivity index (χ2n) is 10.3. The lowest BCUT2D eigenvalue weighted by atomic mass is 10.1. The molecule has 5 rings (SSSR count). The quantitative estimate of drug-likeness (QED) is 0.122. The van der Waals surface area contributed by atoms with Crippen LogP contribution in [-0.2, 0) is 24.4 Å². The van der Waals surface area contributed by atoms with E-state index in [4.69, 9.17) is 23.9 Å². The Bertz CT molecular complexity index is 1490. The highest BCUT2D eigenvalue weighted by atomic mass is 16.5. The van der Waals surface area contributed by atoms with Gasteiger partial charge in [0.15, 0.2) is 11.5 Å². The average molecular weight is 582 g/mol. The zero-order valence-electron chi connectivity index (χ0n) is 25.1. The lowest BCUT2D eigenvalue weighted by Crippen LogP contribution is -2.26. The molecule has 0 fully saturated rings. The Balaban J connectivity index is 1.38. The molecular weight excluding hydrogens is 542 g/mol. The van der Waals surface area contributed by atoms with Crippen LogP contribution in [-0.4, -0.2) is 46.5 Å². The number of hydrogen-bond donors (Lipinski definition) is 0. The number of hydrogen-bond acceptors (Lipinski definition) is 8. The summed E-state index contributed by atoms with van der Waals surface area (Å²) in [5, 5.41) is 4.66. The number of benzene rings is 3. The third-order valence-corrected chi connectivity index (χ3v) is 7.16. The number of anilines is 1. The molecule has 0 spiro atoms. The van der Waals surface area contributed by atoms with Gasteiger partial charge < -0.3 is 23.8 Å². The zero-order valence-corrected chi connectivity index (χ0v) is 25.1. The molecule has 2 heterocycles. The van der Waals surface area contributed by atoms with Crippen LogP contribution in [0.2, 0.25) is 0 Å². The molecule has 0 aliphatic rings. The Morgan fingerprint density at radius 1 is 0.791 bits per heavy atom. The monoisotopic (exact) mass is 581 g/mol. The van der Waals surface area contributed by atoms with Crippen molar-refractivity contribution in [1.29, 1.82) is 0 Å². The number of ether oxygens (including phenoxy) is 4. The van der Waals surface area contributed by atoms with Gasteiger partial charge in [-0.3, -0.25) is 0 Å². The predicted octanol–water partition coefficient (Wildman–Crippen LogP) is 6.50. The van der Waals surface area contributed by atoms with E-state index in [0.717, 1.165) is 47.5 Å². The predicted molar refractivity (Wildman–Crippen MR) is 167 cm³/mol. The van der Waals surface area contributed by atoms with Gasteiger partial charge in [-0.05, 0) is 47.4 Å². The van der Waals surface area contributed by atoms with Crippen molar-refractivity contribution in [2.45, 2.75) is 52.0 Å². The molecule has 9 heteroatoms. The van der Waals surface area contributed by atoms with Crippen molar-refractivity contribution in [2.75, 3.05) is 25.7 Å². The molecule has 1 atom stereocenters. The van der Waals surface area contributed by atoms with Gasteiger partial charge in [-0.25, -0.2) is 9.50 Å². The first-order chi connectivity index (χ1) is 21.1. The van der Waals surface area contributed by atoms with Crippen molar-refractivity contribution in [3.63, 3.8) is 0 Å². The normalized spacial score (nSPS) is 11.8. The molecule has 0 N–H and O–H groups in total. The molecule has 0 saturated heterocycles. The molecule has 0 aliphatic carbocycles. The van der Waals surface area contributed by atoms with Gasteiger partial charge in [0, 0.05) is 31.9 Å². The summed E-state index contributed by atoms with van der Waals surface area (Å²) in [5.74, 6) is 2.32. The van der Waals surface area contributed by atoms with E-state index >= 15 is 0 Å². The molecule has 9 nitrogen and oxygen atoms in total.